The standard InChI is InChI=1S/C8H10FN3O/c9-6-4-13-5-7(6)12-8-3-10-1-2-11-8/h1-3,6-7H,4-5H2,(H,11,12). The normalized spacial score (nSPS) is 27.5. The van der Waals surface area contributed by atoms with E-state index < -0.39 is 6.17 Å². The molecule has 2 rings (SSSR count). The van der Waals surface area contributed by atoms with Crippen molar-refractivity contribution in [2.24, 2.45) is 0 Å². The molecule has 13 heavy (non-hydrogen) atoms. The molecule has 0 radical (unpaired) electrons. The number of rotatable bonds is 2. The van der Waals surface area contributed by atoms with E-state index in [1.807, 2.05) is 0 Å². The molecule has 0 saturated carbocycles. The van der Waals surface area contributed by atoms with Crippen LogP contribution in [0.5, 0.6) is 0 Å². The number of nitrogens with zero attached hydrogens (tertiary/aromatic N) is 2. The highest BCUT2D eigenvalue weighted by atomic mass is 19.1. The van der Waals surface area contributed by atoms with Gasteiger partial charge in [-0.15, -0.1) is 0 Å². The van der Waals surface area contributed by atoms with Crippen molar-refractivity contribution in [3.63, 3.8) is 0 Å². The highest BCUT2D eigenvalue weighted by Crippen LogP contribution is 2.13. The Kier molecular flexibility index (Phi) is 2.35. The summed E-state index contributed by atoms with van der Waals surface area (Å²) >= 11 is 0. The Morgan fingerprint density at radius 3 is 3.00 bits per heavy atom. The molecule has 70 valence electrons. The number of anilines is 1. The average Bonchev–Trinajstić information content (AvgIpc) is 2.54. The maximum atomic E-state index is 13.0. The monoisotopic (exact) mass is 183 g/mol. The Morgan fingerprint density at radius 2 is 2.38 bits per heavy atom. The highest BCUT2D eigenvalue weighted by molar-refractivity contribution is 5.32. The van der Waals surface area contributed by atoms with Gasteiger partial charge >= 0.3 is 0 Å². The molecule has 1 fully saturated rings. The number of halogens is 1. The molecule has 5 heteroatoms. The second-order valence-electron chi connectivity index (χ2n) is 2.89. The van der Waals surface area contributed by atoms with Crippen LogP contribution in [-0.4, -0.2) is 35.4 Å². The minimum Gasteiger partial charge on any atom is -0.376 e. The summed E-state index contributed by atoms with van der Waals surface area (Å²) in [6, 6.07) is -0.295. The molecule has 1 aliphatic rings. The van der Waals surface area contributed by atoms with Crippen LogP contribution in [0.15, 0.2) is 18.6 Å². The quantitative estimate of drug-likeness (QED) is 0.730. The number of aromatic nitrogens is 2. The van der Waals surface area contributed by atoms with Gasteiger partial charge in [-0.05, 0) is 0 Å². The van der Waals surface area contributed by atoms with Gasteiger partial charge in [0.15, 0.2) is 0 Å². The molecule has 0 aliphatic carbocycles. The van der Waals surface area contributed by atoms with Crippen LogP contribution in [-0.2, 0) is 4.74 Å². The van der Waals surface area contributed by atoms with Crippen molar-refractivity contribution in [2.45, 2.75) is 12.2 Å². The number of hydrogen-bond donors (Lipinski definition) is 1. The van der Waals surface area contributed by atoms with Gasteiger partial charge in [0.05, 0.1) is 25.5 Å². The maximum Gasteiger partial charge on any atom is 0.146 e. The minimum absolute atomic E-state index is 0.165. The van der Waals surface area contributed by atoms with Crippen LogP contribution < -0.4 is 5.32 Å². The predicted molar refractivity (Wildman–Crippen MR) is 45.2 cm³/mol. The molecule has 1 aromatic heterocycles. The Balaban J connectivity index is 1.98. The molecule has 0 aromatic carbocycles. The zero-order chi connectivity index (χ0) is 9.10. The van der Waals surface area contributed by atoms with E-state index in [-0.39, 0.29) is 12.6 Å². The van der Waals surface area contributed by atoms with Crippen molar-refractivity contribution in [2.75, 3.05) is 18.5 Å². The fourth-order valence-corrected chi connectivity index (χ4v) is 1.22. The van der Waals surface area contributed by atoms with Crippen molar-refractivity contribution < 1.29 is 9.13 Å². The Bertz CT molecular complexity index is 269. The summed E-state index contributed by atoms with van der Waals surface area (Å²) in [7, 11) is 0. The number of alkyl halides is 1. The van der Waals surface area contributed by atoms with E-state index >= 15 is 0 Å². The number of nitrogens with one attached hydrogen (secondary N) is 1. The molecule has 2 unspecified atom stereocenters. The Morgan fingerprint density at radius 1 is 1.46 bits per heavy atom. The summed E-state index contributed by atoms with van der Waals surface area (Å²) in [5.41, 5.74) is 0. The molecule has 1 aliphatic heterocycles. The summed E-state index contributed by atoms with van der Waals surface area (Å²) in [5, 5.41) is 2.92. The molecule has 1 saturated heterocycles. The van der Waals surface area contributed by atoms with E-state index in [1.54, 1.807) is 18.6 Å². The summed E-state index contributed by atoms with van der Waals surface area (Å²) in [6.07, 6.45) is 3.74. The van der Waals surface area contributed by atoms with Gasteiger partial charge in [0.2, 0.25) is 0 Å². The van der Waals surface area contributed by atoms with Crippen molar-refractivity contribution >= 4 is 5.82 Å². The van der Waals surface area contributed by atoms with Gasteiger partial charge in [-0.3, -0.25) is 4.98 Å². The van der Waals surface area contributed by atoms with Crippen LogP contribution in [0.4, 0.5) is 10.2 Å². The van der Waals surface area contributed by atoms with Crippen molar-refractivity contribution in [3.05, 3.63) is 18.6 Å². The number of hydrogen-bond acceptors (Lipinski definition) is 4. The molecule has 0 amide bonds. The van der Waals surface area contributed by atoms with Crippen LogP contribution in [0.2, 0.25) is 0 Å². The average molecular weight is 183 g/mol. The van der Waals surface area contributed by atoms with Crippen molar-refractivity contribution in [1.82, 2.24) is 9.97 Å². The largest absolute Gasteiger partial charge is 0.376 e. The van der Waals surface area contributed by atoms with Gasteiger partial charge in [-0.2, -0.15) is 0 Å². The van der Waals surface area contributed by atoms with Gasteiger partial charge in [-0.25, -0.2) is 9.37 Å². The van der Waals surface area contributed by atoms with Crippen LogP contribution in [0.1, 0.15) is 0 Å². The van der Waals surface area contributed by atoms with Gasteiger partial charge in [-0.1, -0.05) is 0 Å². The third kappa shape index (κ3) is 1.92. The summed E-state index contributed by atoms with van der Waals surface area (Å²) in [4.78, 5) is 7.84. The molecular weight excluding hydrogens is 173 g/mol. The van der Waals surface area contributed by atoms with E-state index in [0.29, 0.717) is 12.4 Å². The Hall–Kier alpha value is -1.23. The fraction of sp³-hybridized carbons (Fsp3) is 0.500. The van der Waals surface area contributed by atoms with E-state index in [1.165, 1.54) is 0 Å². The van der Waals surface area contributed by atoms with Crippen LogP contribution in [0, 0.1) is 0 Å². The van der Waals surface area contributed by atoms with Gasteiger partial charge in [0, 0.05) is 12.4 Å². The minimum atomic E-state index is -0.956. The lowest BCUT2D eigenvalue weighted by Crippen LogP contribution is -2.29. The molecule has 0 spiro atoms. The molecule has 1 N–H and O–H groups in total. The van der Waals surface area contributed by atoms with E-state index in [4.69, 9.17) is 4.74 Å². The van der Waals surface area contributed by atoms with Crippen LogP contribution in [0.25, 0.3) is 0 Å². The Labute approximate surface area is 75.2 Å². The number of ether oxygens (including phenoxy) is 1. The summed E-state index contributed by atoms with van der Waals surface area (Å²) < 4.78 is 18.0. The van der Waals surface area contributed by atoms with Crippen molar-refractivity contribution in [3.8, 4) is 0 Å². The van der Waals surface area contributed by atoms with Crippen LogP contribution >= 0.6 is 0 Å². The SMILES string of the molecule is FC1COCC1Nc1cnccn1. The first-order valence-electron chi connectivity index (χ1n) is 4.10. The molecule has 2 heterocycles. The van der Waals surface area contributed by atoms with E-state index in [0.717, 1.165) is 0 Å². The topological polar surface area (TPSA) is 47.0 Å². The summed E-state index contributed by atoms with van der Waals surface area (Å²) in [5.74, 6) is 0.584. The van der Waals surface area contributed by atoms with Gasteiger partial charge in [0.25, 0.3) is 0 Å². The first-order valence-corrected chi connectivity index (χ1v) is 4.10. The third-order valence-corrected chi connectivity index (χ3v) is 1.91. The molecule has 0 bridgehead atoms. The predicted octanol–water partition coefficient (Wildman–Crippen LogP) is 0.625. The molecule has 1 aromatic rings. The maximum absolute atomic E-state index is 13.0. The lowest BCUT2D eigenvalue weighted by atomic mass is 10.2. The second-order valence-corrected chi connectivity index (χ2v) is 2.89. The van der Waals surface area contributed by atoms with Crippen molar-refractivity contribution in [1.29, 1.82) is 0 Å². The van der Waals surface area contributed by atoms with Gasteiger partial charge in [0.1, 0.15) is 12.0 Å². The summed E-state index contributed by atoms with van der Waals surface area (Å²) in [6.45, 7) is 0.551. The van der Waals surface area contributed by atoms with Crippen LogP contribution in [0.3, 0.4) is 0 Å². The lowest BCUT2D eigenvalue weighted by molar-refractivity contribution is 0.173. The van der Waals surface area contributed by atoms with E-state index in [9.17, 15) is 4.39 Å². The molecular formula is C8H10FN3O. The first kappa shape index (κ1) is 8.37. The van der Waals surface area contributed by atoms with E-state index in [2.05, 4.69) is 15.3 Å². The smallest absolute Gasteiger partial charge is 0.146 e. The lowest BCUT2D eigenvalue weighted by Gasteiger charge is -2.12. The molecule has 2 atom stereocenters. The fourth-order valence-electron chi connectivity index (χ4n) is 1.22. The molecule has 4 nitrogen and oxygen atoms in total. The zero-order valence-electron chi connectivity index (χ0n) is 6.98. The first-order chi connectivity index (χ1) is 6.36. The third-order valence-electron chi connectivity index (χ3n) is 1.91. The second kappa shape index (κ2) is 3.66. The van der Waals surface area contributed by atoms with Gasteiger partial charge < -0.3 is 10.1 Å². The highest BCUT2D eigenvalue weighted by Gasteiger charge is 2.27. The zero-order valence-corrected chi connectivity index (χ0v) is 6.98.